The van der Waals surface area contributed by atoms with Crippen molar-refractivity contribution in [3.8, 4) is 0 Å². The molecule has 6 N–H and O–H groups in total. The van der Waals surface area contributed by atoms with E-state index in [9.17, 15) is 15.0 Å². The summed E-state index contributed by atoms with van der Waals surface area (Å²) < 4.78 is 5.11. The van der Waals surface area contributed by atoms with Crippen LogP contribution < -0.4 is 11.2 Å². The van der Waals surface area contributed by atoms with Gasteiger partial charge in [0, 0.05) is 13.0 Å². The van der Waals surface area contributed by atoms with Crippen LogP contribution in [0.3, 0.4) is 0 Å². The van der Waals surface area contributed by atoms with Gasteiger partial charge < -0.3 is 25.9 Å². The van der Waals surface area contributed by atoms with Crippen LogP contribution in [0.15, 0.2) is 4.99 Å². The lowest BCUT2D eigenvalue weighted by molar-refractivity contribution is -0.110. The van der Waals surface area contributed by atoms with Gasteiger partial charge in [-0.05, 0) is 0 Å². The number of hydrogen-bond donors (Lipinski definition) is 5. The van der Waals surface area contributed by atoms with E-state index in [4.69, 9.17) is 15.7 Å². The van der Waals surface area contributed by atoms with Gasteiger partial charge >= 0.3 is 6.03 Å². The summed E-state index contributed by atoms with van der Waals surface area (Å²) in [6.07, 6.45) is -4.49. The number of carbonyl (C=O) groups is 1. The fourth-order valence-corrected chi connectivity index (χ4v) is 1.83. The first-order valence-electron chi connectivity index (χ1n) is 5.09. The monoisotopic (exact) mass is 246 g/mol. The summed E-state index contributed by atoms with van der Waals surface area (Å²) in [4.78, 5) is 16.2. The van der Waals surface area contributed by atoms with E-state index in [0.717, 1.165) is 4.90 Å². The molecule has 0 aromatic carbocycles. The summed E-state index contributed by atoms with van der Waals surface area (Å²) in [6, 6.07) is -0.636. The van der Waals surface area contributed by atoms with Crippen LogP contribution in [0.25, 0.3) is 0 Å². The number of hydrogen-bond acceptors (Lipinski definition) is 7. The van der Waals surface area contributed by atoms with Crippen LogP contribution in [-0.4, -0.2) is 63.4 Å². The first-order valence-corrected chi connectivity index (χ1v) is 5.09. The molecule has 0 saturated carbocycles. The molecule has 1 fully saturated rings. The first-order chi connectivity index (χ1) is 8.04. The molecule has 2 aliphatic heterocycles. The second kappa shape index (κ2) is 4.55. The summed E-state index contributed by atoms with van der Waals surface area (Å²) in [5, 5.41) is 27.9. The van der Waals surface area contributed by atoms with Gasteiger partial charge in [-0.3, -0.25) is 4.90 Å². The molecule has 0 aromatic rings. The highest BCUT2D eigenvalue weighted by molar-refractivity contribution is 5.95. The number of nitrogens with two attached hydrogens (primary N) is 1. The predicted molar refractivity (Wildman–Crippen MR) is 53.9 cm³/mol. The number of aliphatic hydroxyl groups excluding tert-OH is 2. The second-order valence-corrected chi connectivity index (χ2v) is 3.89. The van der Waals surface area contributed by atoms with Gasteiger partial charge in [0.05, 0.1) is 0 Å². The average Bonchev–Trinajstić information content (AvgIpc) is 2.57. The zero-order valence-corrected chi connectivity index (χ0v) is 8.85. The van der Waals surface area contributed by atoms with Crippen molar-refractivity contribution in [2.45, 2.75) is 31.1 Å². The minimum absolute atomic E-state index is 0.219. The number of nitrogens with one attached hydrogen (secondary N) is 1. The van der Waals surface area contributed by atoms with Crippen molar-refractivity contribution in [1.29, 1.82) is 0 Å². The van der Waals surface area contributed by atoms with Gasteiger partial charge in [-0.15, -0.1) is 0 Å². The molecule has 0 radical (unpaired) electrons. The number of aliphatic hydroxyl groups is 2. The van der Waals surface area contributed by atoms with E-state index >= 15 is 0 Å². The standard InChI is InChI=1S/C8H14N4O5/c9-3-1-2-12(8(15)10-3)7-5(14)4(13)6(11-16)17-7/h4-7,11,13-14,16H,1-2H2,(H2,9,10,15)/t4-,5+,6-,7+/m0/s1. The first kappa shape index (κ1) is 12.2. The van der Waals surface area contributed by atoms with Crippen LogP contribution in [-0.2, 0) is 4.74 Å². The molecule has 1 saturated heterocycles. The Hall–Kier alpha value is -1.26. The normalized spacial score (nSPS) is 38.4. The summed E-state index contributed by atoms with van der Waals surface area (Å²) >= 11 is 0. The molecule has 9 heteroatoms. The number of aliphatic imine (C=N–C) groups is 1. The van der Waals surface area contributed by atoms with E-state index in [1.54, 1.807) is 5.48 Å². The molecule has 0 aliphatic carbocycles. The molecule has 4 atom stereocenters. The van der Waals surface area contributed by atoms with Crippen LogP contribution >= 0.6 is 0 Å². The van der Waals surface area contributed by atoms with Gasteiger partial charge in [-0.25, -0.2) is 4.79 Å². The number of amidine groups is 1. The Morgan fingerprint density at radius 1 is 1.47 bits per heavy atom. The minimum Gasteiger partial charge on any atom is -0.387 e. The van der Waals surface area contributed by atoms with Crippen molar-refractivity contribution in [3.05, 3.63) is 0 Å². The van der Waals surface area contributed by atoms with Crippen molar-refractivity contribution in [3.63, 3.8) is 0 Å². The minimum atomic E-state index is -1.33. The maximum absolute atomic E-state index is 11.5. The number of ether oxygens (including phenoxy) is 1. The Labute approximate surface area is 96.4 Å². The molecule has 2 aliphatic rings. The van der Waals surface area contributed by atoms with Crippen LogP contribution in [0.4, 0.5) is 4.79 Å². The molecule has 2 amide bonds. The smallest absolute Gasteiger partial charge is 0.347 e. The molecule has 96 valence electrons. The molecular formula is C8H14N4O5. The highest BCUT2D eigenvalue weighted by atomic mass is 16.6. The molecule has 17 heavy (non-hydrogen) atoms. The summed E-state index contributed by atoms with van der Waals surface area (Å²) in [5.41, 5.74) is 7.10. The van der Waals surface area contributed by atoms with Crippen molar-refractivity contribution in [2.24, 2.45) is 10.7 Å². The molecular weight excluding hydrogens is 232 g/mol. The van der Waals surface area contributed by atoms with Crippen molar-refractivity contribution < 1.29 is 25.0 Å². The molecule has 2 rings (SSSR count). The Morgan fingerprint density at radius 2 is 2.18 bits per heavy atom. The maximum atomic E-state index is 11.5. The van der Waals surface area contributed by atoms with Crippen molar-refractivity contribution >= 4 is 11.9 Å². The molecule has 0 aromatic heterocycles. The predicted octanol–water partition coefficient (Wildman–Crippen LogP) is -2.45. The van der Waals surface area contributed by atoms with Crippen LogP contribution in [0.1, 0.15) is 6.42 Å². The van der Waals surface area contributed by atoms with Gasteiger partial charge in [-0.2, -0.15) is 10.5 Å². The average molecular weight is 246 g/mol. The highest BCUT2D eigenvalue weighted by Crippen LogP contribution is 2.24. The van der Waals surface area contributed by atoms with E-state index in [0.29, 0.717) is 6.42 Å². The number of carbonyl (C=O) groups excluding carboxylic acids is 1. The maximum Gasteiger partial charge on any atom is 0.347 e. The topological polar surface area (TPSA) is 141 Å². The molecule has 2 heterocycles. The fourth-order valence-electron chi connectivity index (χ4n) is 1.83. The Morgan fingerprint density at radius 3 is 2.71 bits per heavy atom. The molecule has 0 bridgehead atoms. The lowest BCUT2D eigenvalue weighted by atomic mass is 10.2. The number of urea groups is 1. The summed E-state index contributed by atoms with van der Waals surface area (Å²) in [5.74, 6) is 0.219. The summed E-state index contributed by atoms with van der Waals surface area (Å²) in [7, 11) is 0. The van der Waals surface area contributed by atoms with Gasteiger partial charge in [0.15, 0.2) is 12.5 Å². The zero-order chi connectivity index (χ0) is 12.6. The lowest BCUT2D eigenvalue weighted by Gasteiger charge is -2.30. The zero-order valence-electron chi connectivity index (χ0n) is 8.85. The van der Waals surface area contributed by atoms with Crippen LogP contribution in [0, 0.1) is 0 Å². The molecule has 9 nitrogen and oxygen atoms in total. The third-order valence-corrected chi connectivity index (χ3v) is 2.77. The van der Waals surface area contributed by atoms with Crippen LogP contribution in [0.2, 0.25) is 0 Å². The van der Waals surface area contributed by atoms with Gasteiger partial charge in [-0.1, -0.05) is 0 Å². The van der Waals surface area contributed by atoms with E-state index in [2.05, 4.69) is 4.99 Å². The third kappa shape index (κ3) is 2.10. The van der Waals surface area contributed by atoms with Crippen LogP contribution in [0.5, 0.6) is 0 Å². The third-order valence-electron chi connectivity index (χ3n) is 2.77. The van der Waals surface area contributed by atoms with Gasteiger partial charge in [0.2, 0.25) is 0 Å². The van der Waals surface area contributed by atoms with Crippen molar-refractivity contribution in [1.82, 2.24) is 10.4 Å². The SMILES string of the molecule is NC1=NC(=O)N([C@@H]2O[C@H](NO)[C@@H](O)[C@H]2O)CC1. The summed E-state index contributed by atoms with van der Waals surface area (Å²) in [6.45, 7) is 0.237. The van der Waals surface area contributed by atoms with E-state index < -0.39 is 30.7 Å². The van der Waals surface area contributed by atoms with E-state index in [1.165, 1.54) is 0 Å². The number of rotatable bonds is 2. The van der Waals surface area contributed by atoms with Gasteiger partial charge in [0.25, 0.3) is 0 Å². The lowest BCUT2D eigenvalue weighted by Crippen LogP contribution is -2.49. The Kier molecular flexibility index (Phi) is 3.26. The highest BCUT2D eigenvalue weighted by Gasteiger charge is 2.47. The number of amides is 2. The second-order valence-electron chi connectivity index (χ2n) is 3.89. The fraction of sp³-hybridized carbons (Fsp3) is 0.750. The van der Waals surface area contributed by atoms with Crippen molar-refractivity contribution in [2.75, 3.05) is 6.54 Å². The van der Waals surface area contributed by atoms with E-state index in [-0.39, 0.29) is 12.4 Å². The molecule has 0 unspecified atom stereocenters. The van der Waals surface area contributed by atoms with Gasteiger partial charge in [0.1, 0.15) is 18.0 Å². The van der Waals surface area contributed by atoms with E-state index in [1.807, 2.05) is 0 Å². The number of hydroxylamine groups is 1. The Balaban J connectivity index is 2.11. The Bertz CT molecular complexity index is 349. The molecule has 0 spiro atoms. The number of nitrogens with zero attached hydrogens (tertiary/aromatic N) is 2. The quantitative estimate of drug-likeness (QED) is 0.341. The largest absolute Gasteiger partial charge is 0.387 e.